The molecule has 156 valence electrons. The number of hydrogen-bond acceptors (Lipinski definition) is 6. The first-order valence-electron chi connectivity index (χ1n) is 9.96. The van der Waals surface area contributed by atoms with Crippen molar-refractivity contribution in [2.75, 3.05) is 18.6 Å². The van der Waals surface area contributed by atoms with Gasteiger partial charge >= 0.3 is 5.97 Å². The molecule has 0 bridgehead atoms. The molecule has 2 rings (SSSR count). The van der Waals surface area contributed by atoms with E-state index in [4.69, 9.17) is 4.74 Å². The fraction of sp³-hybridized carbons (Fsp3) is 0.667. The van der Waals surface area contributed by atoms with Gasteiger partial charge in [-0.05, 0) is 44.2 Å². The molecule has 1 unspecified atom stereocenters. The molecule has 1 aromatic carbocycles. The Kier molecular flexibility index (Phi) is 7.41. The van der Waals surface area contributed by atoms with Crippen LogP contribution in [0.15, 0.2) is 18.2 Å². The van der Waals surface area contributed by atoms with E-state index in [0.717, 1.165) is 31.2 Å². The van der Waals surface area contributed by atoms with E-state index < -0.39 is 5.60 Å². The number of hydrogen-bond donors (Lipinski definition) is 1. The Morgan fingerprint density at radius 1 is 1.36 bits per heavy atom. The number of aliphatic hydroxyl groups is 1. The highest BCUT2D eigenvalue weighted by molar-refractivity contribution is 5.71. The van der Waals surface area contributed by atoms with Crippen LogP contribution in [0.2, 0.25) is 0 Å². The number of ether oxygens (including phenoxy) is 1. The number of nitro groups is 1. The first-order valence-corrected chi connectivity index (χ1v) is 9.96. The summed E-state index contributed by atoms with van der Waals surface area (Å²) in [6.07, 6.45) is 5.47. The van der Waals surface area contributed by atoms with Crippen LogP contribution in [0.25, 0.3) is 0 Å². The summed E-state index contributed by atoms with van der Waals surface area (Å²) in [5.74, 6) is -0.525. The third-order valence-corrected chi connectivity index (χ3v) is 5.35. The molecule has 0 radical (unpaired) electrons. The first kappa shape index (κ1) is 22.1. The monoisotopic (exact) mass is 392 g/mol. The van der Waals surface area contributed by atoms with Crippen LogP contribution in [0.5, 0.6) is 0 Å². The highest BCUT2D eigenvalue weighted by Crippen LogP contribution is 2.37. The van der Waals surface area contributed by atoms with Crippen molar-refractivity contribution in [1.29, 1.82) is 0 Å². The van der Waals surface area contributed by atoms with E-state index in [9.17, 15) is 20.0 Å². The Balaban J connectivity index is 2.41. The van der Waals surface area contributed by atoms with Crippen LogP contribution in [-0.2, 0) is 9.53 Å². The maximum atomic E-state index is 11.9. The number of carbonyl (C=O) groups is 1. The van der Waals surface area contributed by atoms with Crippen LogP contribution in [0.3, 0.4) is 0 Å². The van der Waals surface area contributed by atoms with Crippen molar-refractivity contribution in [2.24, 2.45) is 0 Å². The van der Waals surface area contributed by atoms with Gasteiger partial charge in [0.2, 0.25) is 0 Å². The molecular formula is C21H32N2O5. The van der Waals surface area contributed by atoms with Gasteiger partial charge in [0.1, 0.15) is 5.69 Å². The lowest BCUT2D eigenvalue weighted by molar-refractivity contribution is -0.384. The third kappa shape index (κ3) is 5.92. The molecular weight excluding hydrogens is 360 g/mol. The minimum absolute atomic E-state index is 0.0176. The summed E-state index contributed by atoms with van der Waals surface area (Å²) in [6, 6.07) is 5.35. The average Bonchev–Trinajstić information content (AvgIpc) is 2.65. The molecule has 1 atom stereocenters. The number of nitro benzene ring substituents is 1. The van der Waals surface area contributed by atoms with Gasteiger partial charge in [-0.25, -0.2) is 0 Å². The lowest BCUT2D eigenvalue weighted by Gasteiger charge is -2.39. The number of anilines is 1. The minimum atomic E-state index is -0.970. The number of nitrogens with zero attached hydrogens (tertiary/aromatic N) is 2. The van der Waals surface area contributed by atoms with Gasteiger partial charge in [0.25, 0.3) is 5.69 Å². The normalized spacial score (nSPS) is 16.5. The van der Waals surface area contributed by atoms with Gasteiger partial charge < -0.3 is 14.7 Å². The molecule has 1 N–H and O–H groups in total. The standard InChI is InChI=1S/C21H32N2O5/c1-15(12-20(24)28-4)16-10-11-18(19(13-16)23(26)27)22(14-21(2,3)25)17-8-6-5-7-9-17/h10-11,13,15,17,25H,5-9,12,14H2,1-4H3. The predicted octanol–water partition coefficient (Wildman–Crippen LogP) is 4.17. The summed E-state index contributed by atoms with van der Waals surface area (Å²) in [7, 11) is 1.33. The zero-order chi connectivity index (χ0) is 20.9. The Labute approximate surface area is 166 Å². The van der Waals surface area contributed by atoms with Gasteiger partial charge in [0, 0.05) is 18.7 Å². The molecule has 7 heteroatoms. The lowest BCUT2D eigenvalue weighted by Crippen LogP contribution is -2.45. The van der Waals surface area contributed by atoms with Crippen LogP contribution in [0.1, 0.15) is 70.8 Å². The van der Waals surface area contributed by atoms with E-state index in [1.807, 2.05) is 17.9 Å². The summed E-state index contributed by atoms with van der Waals surface area (Å²) < 4.78 is 4.71. The summed E-state index contributed by atoms with van der Waals surface area (Å²) >= 11 is 0. The molecule has 0 amide bonds. The van der Waals surface area contributed by atoms with Gasteiger partial charge in [-0.15, -0.1) is 0 Å². The predicted molar refractivity (Wildman–Crippen MR) is 109 cm³/mol. The minimum Gasteiger partial charge on any atom is -0.469 e. The zero-order valence-corrected chi connectivity index (χ0v) is 17.3. The van der Waals surface area contributed by atoms with Crippen molar-refractivity contribution in [1.82, 2.24) is 0 Å². The Morgan fingerprint density at radius 3 is 2.54 bits per heavy atom. The Hall–Kier alpha value is -2.15. The molecule has 0 spiro atoms. The summed E-state index contributed by atoms with van der Waals surface area (Å²) in [6.45, 7) is 5.63. The van der Waals surface area contributed by atoms with E-state index in [1.165, 1.54) is 13.5 Å². The first-order chi connectivity index (χ1) is 13.1. The highest BCUT2D eigenvalue weighted by atomic mass is 16.6. The third-order valence-electron chi connectivity index (χ3n) is 5.35. The van der Waals surface area contributed by atoms with Crippen molar-refractivity contribution in [3.8, 4) is 0 Å². The van der Waals surface area contributed by atoms with Crippen LogP contribution in [0, 0.1) is 10.1 Å². The van der Waals surface area contributed by atoms with Gasteiger partial charge in [-0.1, -0.05) is 32.3 Å². The molecule has 0 saturated heterocycles. The number of rotatable bonds is 8. The smallest absolute Gasteiger partial charge is 0.306 e. The van der Waals surface area contributed by atoms with E-state index in [0.29, 0.717) is 12.2 Å². The van der Waals surface area contributed by atoms with Gasteiger partial charge in [0.05, 0.1) is 24.1 Å². The quantitative estimate of drug-likeness (QED) is 0.405. The van der Waals surface area contributed by atoms with Gasteiger partial charge in [0.15, 0.2) is 0 Å². The molecule has 1 aliphatic carbocycles. The number of carbonyl (C=O) groups excluding carboxylic acids is 1. The topological polar surface area (TPSA) is 92.9 Å². The summed E-state index contributed by atoms with van der Waals surface area (Å²) in [4.78, 5) is 25.0. The van der Waals surface area contributed by atoms with E-state index in [-0.39, 0.29) is 35.0 Å². The second kappa shape index (κ2) is 9.37. The average molecular weight is 392 g/mol. The van der Waals surface area contributed by atoms with Crippen LogP contribution in [-0.4, -0.2) is 41.3 Å². The molecule has 1 saturated carbocycles. The molecule has 7 nitrogen and oxygen atoms in total. The summed E-state index contributed by atoms with van der Waals surface area (Å²) in [5, 5.41) is 22.3. The largest absolute Gasteiger partial charge is 0.469 e. The van der Waals surface area contributed by atoms with Crippen LogP contribution in [0.4, 0.5) is 11.4 Å². The lowest BCUT2D eigenvalue weighted by atomic mass is 9.91. The number of esters is 1. The molecule has 0 aromatic heterocycles. The molecule has 1 aromatic rings. The van der Waals surface area contributed by atoms with Crippen molar-refractivity contribution >= 4 is 17.3 Å². The second-order valence-corrected chi connectivity index (χ2v) is 8.42. The van der Waals surface area contributed by atoms with E-state index in [1.54, 1.807) is 26.0 Å². The molecule has 0 aliphatic heterocycles. The van der Waals surface area contributed by atoms with Gasteiger partial charge in [-0.3, -0.25) is 14.9 Å². The van der Waals surface area contributed by atoms with Crippen LogP contribution < -0.4 is 4.90 Å². The number of methoxy groups -OCH3 is 1. The van der Waals surface area contributed by atoms with Crippen molar-refractivity contribution in [3.63, 3.8) is 0 Å². The van der Waals surface area contributed by atoms with Gasteiger partial charge in [-0.2, -0.15) is 0 Å². The maximum absolute atomic E-state index is 11.9. The summed E-state index contributed by atoms with van der Waals surface area (Å²) in [5.41, 5.74) is 0.312. The Bertz CT molecular complexity index is 693. The van der Waals surface area contributed by atoms with Crippen molar-refractivity contribution < 1.29 is 19.6 Å². The molecule has 0 heterocycles. The molecule has 1 fully saturated rings. The molecule has 28 heavy (non-hydrogen) atoms. The molecule has 1 aliphatic rings. The highest BCUT2D eigenvalue weighted by Gasteiger charge is 2.31. The fourth-order valence-electron chi connectivity index (χ4n) is 3.91. The SMILES string of the molecule is COC(=O)CC(C)c1ccc(N(CC(C)(C)O)C2CCCCC2)c([N+](=O)[O-])c1. The second-order valence-electron chi connectivity index (χ2n) is 8.42. The van der Waals surface area contributed by atoms with E-state index in [2.05, 4.69) is 0 Å². The Morgan fingerprint density at radius 2 is 2.00 bits per heavy atom. The van der Waals surface area contributed by atoms with Crippen LogP contribution >= 0.6 is 0 Å². The fourth-order valence-corrected chi connectivity index (χ4v) is 3.91. The maximum Gasteiger partial charge on any atom is 0.306 e. The van der Waals surface area contributed by atoms with E-state index >= 15 is 0 Å². The number of benzene rings is 1. The van der Waals surface area contributed by atoms with Crippen molar-refractivity contribution in [2.45, 2.75) is 76.9 Å². The van der Waals surface area contributed by atoms with Crippen molar-refractivity contribution in [3.05, 3.63) is 33.9 Å². The zero-order valence-electron chi connectivity index (χ0n) is 17.3.